The number of nitrogens with one attached hydrogen (secondary N) is 1. The number of anilines is 2. The molecule has 0 radical (unpaired) electrons. The van der Waals surface area contributed by atoms with Gasteiger partial charge in [-0.05, 0) is 44.0 Å². The number of benzene rings is 1. The van der Waals surface area contributed by atoms with Gasteiger partial charge >= 0.3 is 0 Å². The van der Waals surface area contributed by atoms with Crippen LogP contribution in [0.1, 0.15) is 27.3 Å². The maximum atomic E-state index is 12.1. The minimum Gasteiger partial charge on any atom is -0.399 e. The molecule has 98 valence electrons. The fourth-order valence-corrected chi connectivity index (χ4v) is 1.88. The number of hydrogen-bond acceptors (Lipinski definition) is 4. The number of rotatable bonds is 2. The molecule has 1 aromatic carbocycles. The SMILES string of the molecule is Cc1cnc(C(=O)Nc2c(C)cc(N)cc2C)cn1. The van der Waals surface area contributed by atoms with Crippen molar-refractivity contribution in [2.45, 2.75) is 20.8 Å². The topological polar surface area (TPSA) is 80.9 Å². The average molecular weight is 256 g/mol. The van der Waals surface area contributed by atoms with Crippen molar-refractivity contribution in [3.63, 3.8) is 0 Å². The smallest absolute Gasteiger partial charge is 0.275 e. The number of aryl methyl sites for hydroxylation is 3. The zero-order chi connectivity index (χ0) is 14.0. The van der Waals surface area contributed by atoms with Crippen LogP contribution in [0.5, 0.6) is 0 Å². The van der Waals surface area contributed by atoms with Crippen LogP contribution in [-0.2, 0) is 0 Å². The number of nitrogens with zero attached hydrogens (tertiary/aromatic N) is 2. The Morgan fingerprint density at radius 1 is 1.11 bits per heavy atom. The van der Waals surface area contributed by atoms with Gasteiger partial charge in [0.1, 0.15) is 5.69 Å². The van der Waals surface area contributed by atoms with Crippen molar-refractivity contribution in [3.05, 3.63) is 47.0 Å². The summed E-state index contributed by atoms with van der Waals surface area (Å²) in [5.41, 5.74) is 10.1. The van der Waals surface area contributed by atoms with Gasteiger partial charge in [0.05, 0.1) is 11.9 Å². The number of carbonyl (C=O) groups is 1. The van der Waals surface area contributed by atoms with Crippen LogP contribution < -0.4 is 11.1 Å². The van der Waals surface area contributed by atoms with E-state index in [-0.39, 0.29) is 5.91 Å². The van der Waals surface area contributed by atoms with E-state index in [0.717, 1.165) is 22.5 Å². The summed E-state index contributed by atoms with van der Waals surface area (Å²) < 4.78 is 0. The van der Waals surface area contributed by atoms with Gasteiger partial charge in [-0.2, -0.15) is 0 Å². The van der Waals surface area contributed by atoms with E-state index in [4.69, 9.17) is 5.73 Å². The van der Waals surface area contributed by atoms with Crippen molar-refractivity contribution in [2.24, 2.45) is 0 Å². The molecule has 3 N–H and O–H groups in total. The number of nitrogen functional groups attached to an aromatic ring is 1. The lowest BCUT2D eigenvalue weighted by Gasteiger charge is -2.12. The Balaban J connectivity index is 2.26. The number of hydrogen-bond donors (Lipinski definition) is 2. The Bertz CT molecular complexity index is 597. The van der Waals surface area contributed by atoms with Gasteiger partial charge in [0.2, 0.25) is 0 Å². The van der Waals surface area contributed by atoms with Gasteiger partial charge in [-0.15, -0.1) is 0 Å². The molecule has 2 rings (SSSR count). The van der Waals surface area contributed by atoms with Crippen molar-refractivity contribution in [1.82, 2.24) is 9.97 Å². The molecule has 0 atom stereocenters. The standard InChI is InChI=1S/C14H16N4O/c1-8-4-11(15)5-9(2)13(8)18-14(19)12-7-16-10(3)6-17-12/h4-7H,15H2,1-3H3,(H,18,19). The molecule has 1 aromatic heterocycles. The van der Waals surface area contributed by atoms with Gasteiger partial charge in [0.15, 0.2) is 0 Å². The third-order valence-corrected chi connectivity index (χ3v) is 2.81. The molecular weight excluding hydrogens is 240 g/mol. The summed E-state index contributed by atoms with van der Waals surface area (Å²) in [6.45, 7) is 5.63. The second kappa shape index (κ2) is 5.06. The highest BCUT2D eigenvalue weighted by molar-refractivity contribution is 6.03. The molecule has 0 aliphatic carbocycles. The van der Waals surface area contributed by atoms with Crippen molar-refractivity contribution < 1.29 is 4.79 Å². The maximum absolute atomic E-state index is 12.1. The Kier molecular flexibility index (Phi) is 3.46. The molecule has 2 aromatic rings. The minimum absolute atomic E-state index is 0.275. The molecule has 0 saturated carbocycles. The van der Waals surface area contributed by atoms with Gasteiger partial charge in [-0.1, -0.05) is 0 Å². The van der Waals surface area contributed by atoms with Gasteiger partial charge in [0.25, 0.3) is 5.91 Å². The molecule has 0 aliphatic heterocycles. The minimum atomic E-state index is -0.275. The van der Waals surface area contributed by atoms with Crippen molar-refractivity contribution in [3.8, 4) is 0 Å². The first-order valence-corrected chi connectivity index (χ1v) is 5.94. The number of amides is 1. The number of carbonyl (C=O) groups excluding carboxylic acids is 1. The van der Waals surface area contributed by atoms with E-state index in [1.165, 1.54) is 6.20 Å². The molecular formula is C14H16N4O. The van der Waals surface area contributed by atoms with Crippen LogP contribution in [0.15, 0.2) is 24.5 Å². The second-order valence-corrected chi connectivity index (χ2v) is 4.53. The van der Waals surface area contributed by atoms with Crippen molar-refractivity contribution in [2.75, 3.05) is 11.1 Å². The van der Waals surface area contributed by atoms with E-state index in [0.29, 0.717) is 11.4 Å². The summed E-state index contributed by atoms with van der Waals surface area (Å²) in [4.78, 5) is 20.2. The summed E-state index contributed by atoms with van der Waals surface area (Å²) in [7, 11) is 0. The third-order valence-electron chi connectivity index (χ3n) is 2.81. The fourth-order valence-electron chi connectivity index (χ4n) is 1.88. The van der Waals surface area contributed by atoms with E-state index in [1.54, 1.807) is 6.20 Å². The Hall–Kier alpha value is -2.43. The molecule has 0 saturated heterocycles. The predicted octanol–water partition coefficient (Wildman–Crippen LogP) is 2.24. The molecule has 1 amide bonds. The van der Waals surface area contributed by atoms with Crippen LogP contribution in [0.3, 0.4) is 0 Å². The summed E-state index contributed by atoms with van der Waals surface area (Å²) in [5, 5.41) is 2.84. The van der Waals surface area contributed by atoms with E-state index in [9.17, 15) is 4.79 Å². The van der Waals surface area contributed by atoms with Gasteiger partial charge in [0, 0.05) is 17.6 Å². The first kappa shape index (κ1) is 13.0. The molecule has 5 nitrogen and oxygen atoms in total. The van der Waals surface area contributed by atoms with Crippen molar-refractivity contribution >= 4 is 17.3 Å². The maximum Gasteiger partial charge on any atom is 0.275 e. The van der Waals surface area contributed by atoms with E-state index >= 15 is 0 Å². The molecule has 0 aliphatic rings. The van der Waals surface area contributed by atoms with E-state index in [2.05, 4.69) is 15.3 Å². The van der Waals surface area contributed by atoms with Crippen LogP contribution in [0.25, 0.3) is 0 Å². The van der Waals surface area contributed by atoms with Gasteiger partial charge < -0.3 is 11.1 Å². The Morgan fingerprint density at radius 3 is 2.26 bits per heavy atom. The Morgan fingerprint density at radius 2 is 1.74 bits per heavy atom. The molecule has 0 unspecified atom stereocenters. The molecule has 0 fully saturated rings. The zero-order valence-corrected chi connectivity index (χ0v) is 11.2. The summed E-state index contributed by atoms with van der Waals surface area (Å²) in [5.74, 6) is -0.275. The van der Waals surface area contributed by atoms with Crippen LogP contribution in [0.4, 0.5) is 11.4 Å². The zero-order valence-electron chi connectivity index (χ0n) is 11.2. The summed E-state index contributed by atoms with van der Waals surface area (Å²) >= 11 is 0. The van der Waals surface area contributed by atoms with E-state index < -0.39 is 0 Å². The number of aromatic nitrogens is 2. The van der Waals surface area contributed by atoms with Gasteiger partial charge in [-0.25, -0.2) is 4.98 Å². The van der Waals surface area contributed by atoms with E-state index in [1.807, 2.05) is 32.9 Å². The summed E-state index contributed by atoms with van der Waals surface area (Å²) in [6.07, 6.45) is 3.03. The lowest BCUT2D eigenvalue weighted by atomic mass is 10.1. The lowest BCUT2D eigenvalue weighted by Crippen LogP contribution is -2.16. The van der Waals surface area contributed by atoms with Crippen LogP contribution in [0, 0.1) is 20.8 Å². The first-order chi connectivity index (χ1) is 8.97. The normalized spacial score (nSPS) is 10.3. The van der Waals surface area contributed by atoms with Crippen LogP contribution in [-0.4, -0.2) is 15.9 Å². The predicted molar refractivity (Wildman–Crippen MR) is 75.1 cm³/mol. The quantitative estimate of drug-likeness (QED) is 0.807. The molecule has 0 spiro atoms. The fraction of sp³-hybridized carbons (Fsp3) is 0.214. The van der Waals surface area contributed by atoms with Crippen LogP contribution in [0.2, 0.25) is 0 Å². The second-order valence-electron chi connectivity index (χ2n) is 4.53. The Labute approximate surface area is 111 Å². The third kappa shape index (κ3) is 2.88. The van der Waals surface area contributed by atoms with Gasteiger partial charge in [-0.3, -0.25) is 9.78 Å². The summed E-state index contributed by atoms with van der Waals surface area (Å²) in [6, 6.07) is 3.65. The lowest BCUT2D eigenvalue weighted by molar-refractivity contribution is 0.102. The highest BCUT2D eigenvalue weighted by atomic mass is 16.1. The highest BCUT2D eigenvalue weighted by Crippen LogP contribution is 2.23. The number of nitrogens with two attached hydrogens (primary N) is 1. The monoisotopic (exact) mass is 256 g/mol. The van der Waals surface area contributed by atoms with Crippen molar-refractivity contribution in [1.29, 1.82) is 0 Å². The highest BCUT2D eigenvalue weighted by Gasteiger charge is 2.11. The van der Waals surface area contributed by atoms with Crippen LogP contribution >= 0.6 is 0 Å². The molecule has 0 bridgehead atoms. The molecule has 19 heavy (non-hydrogen) atoms. The molecule has 1 heterocycles. The molecule has 5 heteroatoms. The first-order valence-electron chi connectivity index (χ1n) is 5.94. The largest absolute Gasteiger partial charge is 0.399 e. The average Bonchev–Trinajstić information content (AvgIpc) is 2.34.